The van der Waals surface area contributed by atoms with Gasteiger partial charge in [0.05, 0.1) is 5.92 Å². The van der Waals surface area contributed by atoms with Gasteiger partial charge < -0.3 is 4.74 Å². The van der Waals surface area contributed by atoms with Crippen molar-refractivity contribution < 1.29 is 14.5 Å². The molecule has 5 heteroatoms. The van der Waals surface area contributed by atoms with Crippen LogP contribution in [0.5, 0.6) is 0 Å². The summed E-state index contributed by atoms with van der Waals surface area (Å²) in [5.74, 6) is -0.807. The number of hydrogen-bond donors (Lipinski definition) is 0. The van der Waals surface area contributed by atoms with Crippen LogP contribution in [-0.2, 0) is 9.53 Å². The lowest BCUT2D eigenvalue weighted by atomic mass is 9.84. The molecule has 5 nitrogen and oxygen atoms in total. The second-order valence-corrected chi connectivity index (χ2v) is 3.65. The van der Waals surface area contributed by atoms with Crippen LogP contribution in [0.4, 0.5) is 0 Å². The van der Waals surface area contributed by atoms with Gasteiger partial charge in [-0.2, -0.15) is 0 Å². The van der Waals surface area contributed by atoms with Crippen molar-refractivity contribution in [3.8, 4) is 0 Å². The molecule has 0 spiro atoms. The van der Waals surface area contributed by atoms with Crippen LogP contribution < -0.4 is 0 Å². The van der Waals surface area contributed by atoms with E-state index in [1.54, 1.807) is 0 Å². The Morgan fingerprint density at radius 1 is 1.38 bits per heavy atom. The van der Waals surface area contributed by atoms with E-state index in [1.165, 1.54) is 0 Å². The fourth-order valence-electron chi connectivity index (χ4n) is 2.27. The minimum atomic E-state index is -1.09. The number of rotatable bonds is 1. The van der Waals surface area contributed by atoms with E-state index in [2.05, 4.69) is 0 Å². The fourth-order valence-corrected chi connectivity index (χ4v) is 2.27. The SMILES string of the molecule is O=C1OC2CCCCC2C1[N+](=O)[O-]. The summed E-state index contributed by atoms with van der Waals surface area (Å²) in [6.45, 7) is 0. The monoisotopic (exact) mass is 185 g/mol. The molecule has 0 aromatic carbocycles. The highest BCUT2D eigenvalue weighted by Crippen LogP contribution is 2.36. The Morgan fingerprint density at radius 3 is 2.77 bits per heavy atom. The zero-order valence-corrected chi connectivity index (χ0v) is 7.14. The van der Waals surface area contributed by atoms with Crippen LogP contribution in [0.3, 0.4) is 0 Å². The molecule has 1 saturated carbocycles. The van der Waals surface area contributed by atoms with Crippen LogP contribution in [0.1, 0.15) is 25.7 Å². The summed E-state index contributed by atoms with van der Waals surface area (Å²) in [5.41, 5.74) is 0. The Bertz CT molecular complexity index is 253. The number of esters is 1. The van der Waals surface area contributed by atoms with E-state index in [0.29, 0.717) is 0 Å². The van der Waals surface area contributed by atoms with E-state index in [1.807, 2.05) is 0 Å². The normalized spacial score (nSPS) is 38.2. The maximum absolute atomic E-state index is 11.1. The largest absolute Gasteiger partial charge is 0.457 e. The van der Waals surface area contributed by atoms with E-state index in [9.17, 15) is 14.9 Å². The molecule has 1 aliphatic carbocycles. The molecular weight excluding hydrogens is 174 g/mol. The summed E-state index contributed by atoms with van der Waals surface area (Å²) in [5, 5.41) is 10.6. The summed E-state index contributed by atoms with van der Waals surface area (Å²) in [7, 11) is 0. The standard InChI is InChI=1S/C8H11NO4/c10-8-7(9(11)12)5-3-1-2-4-6(5)13-8/h5-7H,1-4H2. The Hall–Kier alpha value is -1.13. The van der Waals surface area contributed by atoms with E-state index in [-0.39, 0.29) is 12.0 Å². The van der Waals surface area contributed by atoms with Crippen LogP contribution in [0.2, 0.25) is 0 Å². The van der Waals surface area contributed by atoms with Gasteiger partial charge in [-0.1, -0.05) is 6.42 Å². The molecule has 0 bridgehead atoms. The second kappa shape index (κ2) is 2.97. The molecule has 1 aliphatic heterocycles. The number of fused-ring (bicyclic) bond motifs is 1. The summed E-state index contributed by atoms with van der Waals surface area (Å²) < 4.78 is 4.96. The molecule has 3 unspecified atom stereocenters. The lowest BCUT2D eigenvalue weighted by Gasteiger charge is -2.21. The van der Waals surface area contributed by atoms with Crippen molar-refractivity contribution in [2.75, 3.05) is 0 Å². The highest BCUT2D eigenvalue weighted by atomic mass is 16.6. The van der Waals surface area contributed by atoms with E-state index >= 15 is 0 Å². The number of carbonyl (C=O) groups is 1. The molecule has 0 N–H and O–H groups in total. The first-order valence-corrected chi connectivity index (χ1v) is 4.54. The van der Waals surface area contributed by atoms with Gasteiger partial charge >= 0.3 is 12.0 Å². The minimum absolute atomic E-state index is 0.170. The first-order chi connectivity index (χ1) is 6.20. The molecular formula is C8H11NO4. The molecule has 1 saturated heterocycles. The lowest BCUT2D eigenvalue weighted by molar-refractivity contribution is -0.515. The van der Waals surface area contributed by atoms with E-state index in [0.717, 1.165) is 25.7 Å². The molecule has 0 amide bonds. The first-order valence-electron chi connectivity index (χ1n) is 4.54. The molecule has 0 aromatic rings. The Kier molecular flexibility index (Phi) is 1.94. The highest BCUT2D eigenvalue weighted by Gasteiger charge is 2.53. The average molecular weight is 185 g/mol. The zero-order chi connectivity index (χ0) is 9.42. The number of hydrogen-bond acceptors (Lipinski definition) is 4. The van der Waals surface area contributed by atoms with Gasteiger partial charge in [-0.25, -0.2) is 4.79 Å². The minimum Gasteiger partial charge on any atom is -0.457 e. The summed E-state index contributed by atoms with van der Waals surface area (Å²) >= 11 is 0. The molecule has 2 fully saturated rings. The van der Waals surface area contributed by atoms with Gasteiger partial charge in [-0.15, -0.1) is 0 Å². The zero-order valence-electron chi connectivity index (χ0n) is 7.14. The molecule has 2 aliphatic rings. The third-order valence-electron chi connectivity index (χ3n) is 2.90. The maximum atomic E-state index is 11.1. The lowest BCUT2D eigenvalue weighted by Crippen LogP contribution is -2.34. The molecule has 1 heterocycles. The van der Waals surface area contributed by atoms with Crippen LogP contribution in [0.25, 0.3) is 0 Å². The van der Waals surface area contributed by atoms with Crippen molar-refractivity contribution in [1.82, 2.24) is 0 Å². The van der Waals surface area contributed by atoms with Crippen LogP contribution in [-0.4, -0.2) is 23.0 Å². The summed E-state index contributed by atoms with van der Waals surface area (Å²) in [6.07, 6.45) is 3.35. The van der Waals surface area contributed by atoms with Gasteiger partial charge in [0.1, 0.15) is 6.10 Å². The first kappa shape index (κ1) is 8.47. The van der Waals surface area contributed by atoms with Crippen LogP contribution in [0, 0.1) is 16.0 Å². The Morgan fingerprint density at radius 2 is 2.08 bits per heavy atom. The van der Waals surface area contributed by atoms with Gasteiger partial charge in [0.25, 0.3) is 0 Å². The number of carbonyl (C=O) groups excluding carboxylic acids is 1. The summed E-state index contributed by atoms with van der Waals surface area (Å²) in [6, 6.07) is -1.09. The predicted molar refractivity (Wildman–Crippen MR) is 42.6 cm³/mol. The van der Waals surface area contributed by atoms with Crippen LogP contribution in [0.15, 0.2) is 0 Å². The highest BCUT2D eigenvalue weighted by molar-refractivity contribution is 5.77. The molecule has 2 rings (SSSR count). The second-order valence-electron chi connectivity index (χ2n) is 3.65. The van der Waals surface area contributed by atoms with Crippen LogP contribution >= 0.6 is 0 Å². The topological polar surface area (TPSA) is 69.4 Å². The fraction of sp³-hybridized carbons (Fsp3) is 0.875. The van der Waals surface area contributed by atoms with E-state index < -0.39 is 16.9 Å². The third kappa shape index (κ3) is 1.28. The Balaban J connectivity index is 2.18. The summed E-state index contributed by atoms with van der Waals surface area (Å²) in [4.78, 5) is 21.2. The average Bonchev–Trinajstić information content (AvgIpc) is 2.39. The van der Waals surface area contributed by atoms with E-state index in [4.69, 9.17) is 4.74 Å². The predicted octanol–water partition coefficient (Wildman–Crippen LogP) is 0.747. The molecule has 0 aromatic heterocycles. The quantitative estimate of drug-likeness (QED) is 0.343. The third-order valence-corrected chi connectivity index (χ3v) is 2.90. The van der Waals surface area contributed by atoms with Crippen molar-refractivity contribution in [1.29, 1.82) is 0 Å². The molecule has 3 atom stereocenters. The molecule has 72 valence electrons. The maximum Gasteiger partial charge on any atom is 0.382 e. The molecule has 13 heavy (non-hydrogen) atoms. The van der Waals surface area contributed by atoms with Gasteiger partial charge in [0.15, 0.2) is 0 Å². The van der Waals surface area contributed by atoms with Crippen molar-refractivity contribution in [3.05, 3.63) is 10.1 Å². The van der Waals surface area contributed by atoms with Gasteiger partial charge in [0, 0.05) is 4.92 Å². The number of nitrogens with zero attached hydrogens (tertiary/aromatic N) is 1. The number of ether oxygens (including phenoxy) is 1. The van der Waals surface area contributed by atoms with Crippen molar-refractivity contribution in [3.63, 3.8) is 0 Å². The van der Waals surface area contributed by atoms with Gasteiger partial charge in [-0.3, -0.25) is 10.1 Å². The van der Waals surface area contributed by atoms with Crippen molar-refractivity contribution in [2.24, 2.45) is 5.92 Å². The Labute approximate surface area is 75.2 Å². The number of nitro groups is 1. The van der Waals surface area contributed by atoms with Crippen molar-refractivity contribution >= 4 is 5.97 Å². The van der Waals surface area contributed by atoms with Gasteiger partial charge in [-0.05, 0) is 19.3 Å². The molecule has 0 radical (unpaired) electrons. The smallest absolute Gasteiger partial charge is 0.382 e. The van der Waals surface area contributed by atoms with Crippen molar-refractivity contribution in [2.45, 2.75) is 37.8 Å². The van der Waals surface area contributed by atoms with Gasteiger partial charge in [0.2, 0.25) is 0 Å².